The molecule has 0 atom stereocenters. The van der Waals surface area contributed by atoms with E-state index in [4.69, 9.17) is 24.5 Å². The molecule has 0 heterocycles. The second-order valence-electron chi connectivity index (χ2n) is 7.87. The van der Waals surface area contributed by atoms with Crippen molar-refractivity contribution in [2.24, 2.45) is 0 Å². The second kappa shape index (κ2) is 13.7. The average Bonchev–Trinajstić information content (AvgIpc) is 2.90. The number of benzene rings is 3. The van der Waals surface area contributed by atoms with E-state index in [0.29, 0.717) is 12.2 Å². The van der Waals surface area contributed by atoms with Gasteiger partial charge in [0, 0.05) is 0 Å². The van der Waals surface area contributed by atoms with Gasteiger partial charge < -0.3 is 4.74 Å². The Morgan fingerprint density at radius 1 is 0.971 bits per heavy atom. The third-order valence-corrected chi connectivity index (χ3v) is 5.91. The van der Waals surface area contributed by atoms with E-state index >= 15 is 0 Å². The van der Waals surface area contributed by atoms with Crippen LogP contribution < -0.4 is 9.64 Å². The Morgan fingerprint density at radius 2 is 1.60 bits per heavy atom. The summed E-state index contributed by atoms with van der Waals surface area (Å²) in [5.74, 6) is 0.500. The Balaban J connectivity index is 1.76. The summed E-state index contributed by atoms with van der Waals surface area (Å²) in [5.41, 5.74) is 4.55. The van der Waals surface area contributed by atoms with Crippen molar-refractivity contribution in [2.75, 3.05) is 18.6 Å². The summed E-state index contributed by atoms with van der Waals surface area (Å²) in [7, 11) is 1.38. The fourth-order valence-electron chi connectivity index (χ4n) is 3.51. The van der Waals surface area contributed by atoms with Crippen molar-refractivity contribution in [1.29, 1.82) is 0 Å². The summed E-state index contributed by atoms with van der Waals surface area (Å²) in [4.78, 5) is 13.7. The van der Waals surface area contributed by atoms with Gasteiger partial charge in [-0.1, -0.05) is 0 Å². The van der Waals surface area contributed by atoms with Gasteiger partial charge in [-0.2, -0.15) is 0 Å². The second-order valence-corrected chi connectivity index (χ2v) is 8.44. The quantitative estimate of drug-likeness (QED) is 0.116. The number of carbonyl (C=O) groups is 1. The maximum atomic E-state index is 11.6. The molecule has 3 aromatic carbocycles. The van der Waals surface area contributed by atoms with E-state index in [1.54, 1.807) is 12.1 Å². The Morgan fingerprint density at radius 3 is 2.17 bits per heavy atom. The first-order valence-electron chi connectivity index (χ1n) is 11.7. The van der Waals surface area contributed by atoms with Gasteiger partial charge in [0.2, 0.25) is 0 Å². The third kappa shape index (κ3) is 7.66. The summed E-state index contributed by atoms with van der Waals surface area (Å²) in [6.45, 7) is 6.53. The predicted octanol–water partition coefficient (Wildman–Crippen LogP) is 6.78. The van der Waals surface area contributed by atoms with Gasteiger partial charge in [0.05, 0.1) is 7.11 Å². The van der Waals surface area contributed by atoms with Crippen LogP contribution in [0.2, 0.25) is 0 Å². The Kier molecular flexibility index (Phi) is 10.3. The zero-order valence-electron chi connectivity index (χ0n) is 20.2. The summed E-state index contributed by atoms with van der Waals surface area (Å²) >= 11 is 5.40. The molecule has 0 aliphatic carbocycles. The molecule has 3 rings (SSSR count). The van der Waals surface area contributed by atoms with E-state index in [-0.39, 0.29) is 5.97 Å². The Labute approximate surface area is 216 Å². The van der Waals surface area contributed by atoms with E-state index in [1.807, 2.05) is 78.7 Å². The van der Waals surface area contributed by atoms with E-state index in [1.165, 1.54) is 7.11 Å². The van der Waals surface area contributed by atoms with Crippen molar-refractivity contribution in [3.8, 4) is 16.9 Å². The van der Waals surface area contributed by atoms with Crippen molar-refractivity contribution < 1.29 is 29.3 Å². The van der Waals surface area contributed by atoms with Crippen molar-refractivity contribution >= 4 is 16.3 Å². The van der Waals surface area contributed by atoms with Crippen molar-refractivity contribution in [3.05, 3.63) is 103 Å². The number of anilines is 1. The minimum atomic E-state index is -0.339. The molecule has 3 aromatic rings. The van der Waals surface area contributed by atoms with Crippen molar-refractivity contribution in [2.45, 2.75) is 32.6 Å². The molecule has 0 aromatic heterocycles. The SMILES string of the molecule is [CH2-]CCCC[C](=[Ni])N(C=[C-]c1ccc(-c2ccc(C(=O)OC)cc2)cc1)c1ccc(OCC)cc1. The van der Waals surface area contributed by atoms with Crippen LogP contribution >= 0.6 is 0 Å². The van der Waals surface area contributed by atoms with Gasteiger partial charge in [-0.15, -0.1) is 0 Å². The summed E-state index contributed by atoms with van der Waals surface area (Å²) < 4.78 is 11.2. The van der Waals surface area contributed by atoms with Crippen LogP contribution in [0.1, 0.15) is 48.5 Å². The zero-order valence-corrected chi connectivity index (χ0v) is 21.2. The van der Waals surface area contributed by atoms with Crippen LogP contribution in [-0.2, 0) is 19.8 Å². The first-order valence-corrected chi connectivity index (χ1v) is 12.2. The van der Waals surface area contributed by atoms with Crippen LogP contribution in [0.3, 0.4) is 0 Å². The maximum absolute atomic E-state index is 11.6. The normalized spacial score (nSPS) is 10.9. The fraction of sp³-hybridized carbons (Fsp3) is 0.233. The third-order valence-electron chi connectivity index (χ3n) is 5.42. The van der Waals surface area contributed by atoms with Gasteiger partial charge in [-0.25, -0.2) is 4.79 Å². The van der Waals surface area contributed by atoms with Gasteiger partial charge >= 0.3 is 200 Å². The van der Waals surface area contributed by atoms with Gasteiger partial charge in [-0.3, -0.25) is 0 Å². The molecule has 0 N–H and O–H groups in total. The molecule has 5 heteroatoms. The molecule has 0 radical (unpaired) electrons. The summed E-state index contributed by atoms with van der Waals surface area (Å²) in [5, 5.41) is 0. The van der Waals surface area contributed by atoms with E-state index in [2.05, 4.69) is 13.0 Å². The molecule has 0 spiro atoms. The Bertz CT molecular complexity index is 1120. The number of ether oxygens (including phenoxy) is 2. The van der Waals surface area contributed by atoms with E-state index in [0.717, 1.165) is 58.4 Å². The first-order chi connectivity index (χ1) is 17.0. The average molecular weight is 512 g/mol. The number of hydrogen-bond donors (Lipinski definition) is 0. The number of carbonyl (C=O) groups excluding carboxylic acids is 1. The molecule has 35 heavy (non-hydrogen) atoms. The van der Waals surface area contributed by atoms with Crippen molar-refractivity contribution in [1.82, 2.24) is 0 Å². The molecule has 0 saturated carbocycles. The molecular formula is C30H31NNiO3-2. The molecular weight excluding hydrogens is 481 g/mol. The number of unbranched alkanes of at least 4 members (excludes halogenated alkanes) is 2. The van der Waals surface area contributed by atoms with Crippen LogP contribution in [0.4, 0.5) is 5.69 Å². The standard InChI is InChI=1S/C30H31NO3.Ni/c1-4-6-7-8-22-31(28-17-19-29(20-18-28)34-5-2)23-21-24-9-11-25(12-10-24)26-13-15-27(16-14-26)30(32)33-3;/h9-20,23H,1,4-8H2,2-3H3;/q-2;. The van der Waals surface area contributed by atoms with Gasteiger partial charge in [0.15, 0.2) is 0 Å². The monoisotopic (exact) mass is 511 g/mol. The molecule has 0 unspecified atom stereocenters. The number of nitrogens with zero attached hydrogens (tertiary/aromatic N) is 1. The van der Waals surface area contributed by atoms with Crippen LogP contribution in [0.25, 0.3) is 11.1 Å². The minimum absolute atomic E-state index is 0.339. The van der Waals surface area contributed by atoms with E-state index < -0.39 is 0 Å². The molecule has 0 fully saturated rings. The number of methoxy groups -OCH3 is 1. The van der Waals surface area contributed by atoms with Crippen LogP contribution in [0.5, 0.6) is 5.75 Å². The summed E-state index contributed by atoms with van der Waals surface area (Å²) in [6, 6.07) is 23.5. The molecule has 186 valence electrons. The fourth-order valence-corrected chi connectivity index (χ4v) is 3.88. The molecule has 0 amide bonds. The van der Waals surface area contributed by atoms with E-state index in [9.17, 15) is 4.79 Å². The molecule has 0 aliphatic rings. The number of rotatable bonds is 12. The van der Waals surface area contributed by atoms with Gasteiger partial charge in [0.1, 0.15) is 0 Å². The Hall–Kier alpha value is -3.17. The van der Waals surface area contributed by atoms with Crippen LogP contribution in [0, 0.1) is 13.0 Å². The number of hydrogen-bond acceptors (Lipinski definition) is 4. The number of esters is 1. The molecule has 0 aliphatic heterocycles. The molecule has 4 nitrogen and oxygen atoms in total. The van der Waals surface area contributed by atoms with Crippen molar-refractivity contribution in [3.63, 3.8) is 0 Å². The molecule has 0 bridgehead atoms. The van der Waals surface area contributed by atoms with Crippen LogP contribution in [-0.4, -0.2) is 24.3 Å². The predicted molar refractivity (Wildman–Crippen MR) is 139 cm³/mol. The van der Waals surface area contributed by atoms with Crippen LogP contribution in [0.15, 0.2) is 79.0 Å². The van der Waals surface area contributed by atoms with Gasteiger partial charge in [-0.05, 0) is 0 Å². The first kappa shape index (κ1) is 26.4. The molecule has 0 saturated heterocycles. The van der Waals surface area contributed by atoms with Gasteiger partial charge in [0.25, 0.3) is 0 Å². The summed E-state index contributed by atoms with van der Waals surface area (Å²) in [6.07, 6.45) is 9.12. The topological polar surface area (TPSA) is 38.8 Å². The zero-order chi connectivity index (χ0) is 25.0.